The average Bonchev–Trinajstić information content (AvgIpc) is 2.87. The third kappa shape index (κ3) is 6.67. The molecule has 0 spiro atoms. The van der Waals surface area contributed by atoms with Crippen LogP contribution in [0, 0.1) is 0 Å². The molecule has 8 heteroatoms. The number of hydrogen-bond acceptors (Lipinski definition) is 5. The predicted octanol–water partition coefficient (Wildman–Crippen LogP) is 5.92. The number of rotatable bonds is 9. The third-order valence-electron chi connectivity index (χ3n) is 5.85. The van der Waals surface area contributed by atoms with Crippen LogP contribution in [0.5, 0.6) is 11.5 Å². The molecule has 0 saturated carbocycles. The Morgan fingerprint density at radius 3 is 2.51 bits per heavy atom. The molecule has 1 aromatic heterocycles. The van der Waals surface area contributed by atoms with Crippen LogP contribution in [0.4, 0.5) is 8.78 Å². The van der Waals surface area contributed by atoms with Crippen LogP contribution >= 0.6 is 0 Å². The summed E-state index contributed by atoms with van der Waals surface area (Å²) in [6.07, 6.45) is -1.08. The summed E-state index contributed by atoms with van der Waals surface area (Å²) in [6, 6.07) is 19.5. The van der Waals surface area contributed by atoms with E-state index in [1.807, 2.05) is 18.2 Å². The Balaban J connectivity index is 1.37. The van der Waals surface area contributed by atoms with Gasteiger partial charge in [-0.2, -0.15) is 8.78 Å². The highest BCUT2D eigenvalue weighted by molar-refractivity contribution is 5.99. The van der Waals surface area contributed by atoms with E-state index in [0.717, 1.165) is 22.1 Å². The number of phenols is 1. The Kier molecular flexibility index (Phi) is 7.47. The minimum Gasteiger partial charge on any atom is -0.506 e. The van der Waals surface area contributed by atoms with Gasteiger partial charge in [0.05, 0.1) is 6.04 Å². The number of Topliss-reactive ketones (excluding diaryl/α,β-unsaturated/α-hetero) is 1. The van der Waals surface area contributed by atoms with E-state index in [-0.39, 0.29) is 23.7 Å². The highest BCUT2D eigenvalue weighted by Crippen LogP contribution is 2.31. The minimum absolute atomic E-state index is 0.0426. The summed E-state index contributed by atoms with van der Waals surface area (Å²) in [6.45, 7) is 2.29. The zero-order valence-corrected chi connectivity index (χ0v) is 20.4. The first-order valence-electron chi connectivity index (χ1n) is 11.8. The lowest BCUT2D eigenvalue weighted by Crippen LogP contribution is -2.38. The molecule has 1 amide bonds. The van der Waals surface area contributed by atoms with Crippen molar-refractivity contribution in [3.05, 3.63) is 90.1 Å². The summed E-state index contributed by atoms with van der Waals surface area (Å²) in [5.74, 6) is -0.457. The molecule has 0 aliphatic rings. The highest BCUT2D eigenvalue weighted by Gasteiger charge is 2.23. The molecule has 2 N–H and O–H groups in total. The van der Waals surface area contributed by atoms with Crippen molar-refractivity contribution in [1.82, 2.24) is 10.3 Å². The van der Waals surface area contributed by atoms with Crippen LogP contribution < -0.4 is 10.1 Å². The van der Waals surface area contributed by atoms with E-state index in [2.05, 4.69) is 15.0 Å². The maximum atomic E-state index is 12.9. The molecule has 3 aromatic carbocycles. The molecule has 0 aliphatic heterocycles. The summed E-state index contributed by atoms with van der Waals surface area (Å²) >= 11 is 0. The number of ether oxygens (including phenoxy) is 1. The van der Waals surface area contributed by atoms with E-state index in [4.69, 9.17) is 0 Å². The van der Waals surface area contributed by atoms with Crippen LogP contribution in [0.3, 0.4) is 0 Å². The highest BCUT2D eigenvalue weighted by atomic mass is 19.3. The van der Waals surface area contributed by atoms with Gasteiger partial charge in [-0.25, -0.2) is 0 Å². The van der Waals surface area contributed by atoms with Gasteiger partial charge in [-0.05, 0) is 72.5 Å². The molecule has 4 rings (SSSR count). The van der Waals surface area contributed by atoms with Gasteiger partial charge in [0.25, 0.3) is 5.91 Å². The van der Waals surface area contributed by atoms with Gasteiger partial charge in [0, 0.05) is 30.5 Å². The molecule has 0 radical (unpaired) electrons. The SMILES string of the molecule is CC(NC(=O)c1cccc(-c2cc(O)c3ncccc3c2)c1)C(=O)CCc1ccc(OC(C)(F)F)cc1. The molecule has 0 aliphatic carbocycles. The quantitative estimate of drug-likeness (QED) is 0.295. The van der Waals surface area contributed by atoms with Crippen molar-refractivity contribution >= 4 is 22.6 Å². The summed E-state index contributed by atoms with van der Waals surface area (Å²) in [7, 11) is 0. The van der Waals surface area contributed by atoms with Gasteiger partial charge in [0.15, 0.2) is 5.78 Å². The number of carbonyl (C=O) groups excluding carboxylic acids is 2. The largest absolute Gasteiger partial charge is 0.506 e. The topological polar surface area (TPSA) is 88.5 Å². The summed E-state index contributed by atoms with van der Waals surface area (Å²) < 4.78 is 30.4. The molecule has 4 aromatic rings. The Bertz CT molecular complexity index is 1430. The van der Waals surface area contributed by atoms with Crippen LogP contribution in [0.25, 0.3) is 22.0 Å². The second kappa shape index (κ2) is 10.7. The standard InChI is InChI=1S/C29H26F2N2O4/c1-18(25(34)13-10-19-8-11-24(12-9-19)37-29(2,30)31)33-28(36)22-6-3-5-20(15-22)23-16-21-7-4-14-32-27(21)26(35)17-23/h3-9,11-12,14-18,35H,10,13H2,1-2H3,(H,33,36). The van der Waals surface area contributed by atoms with Crippen molar-refractivity contribution in [3.63, 3.8) is 0 Å². The first-order chi connectivity index (χ1) is 17.6. The van der Waals surface area contributed by atoms with Crippen LogP contribution in [0.2, 0.25) is 0 Å². The minimum atomic E-state index is -3.26. The van der Waals surface area contributed by atoms with E-state index in [0.29, 0.717) is 24.4 Å². The molecule has 190 valence electrons. The monoisotopic (exact) mass is 504 g/mol. The number of aromatic hydroxyl groups is 1. The Labute approximate surface area is 212 Å². The molecule has 0 bridgehead atoms. The van der Waals surface area contributed by atoms with Crippen molar-refractivity contribution in [2.45, 2.75) is 38.8 Å². The van der Waals surface area contributed by atoms with Gasteiger partial charge in [-0.1, -0.05) is 30.3 Å². The number of carbonyl (C=O) groups is 2. The van der Waals surface area contributed by atoms with Gasteiger partial charge < -0.3 is 15.2 Å². The summed E-state index contributed by atoms with van der Waals surface area (Å²) in [4.78, 5) is 29.6. The number of nitrogens with one attached hydrogen (secondary N) is 1. The number of nitrogens with zero attached hydrogens (tertiary/aromatic N) is 1. The number of phenolic OH excluding ortho intramolecular Hbond substituents is 1. The van der Waals surface area contributed by atoms with Crippen molar-refractivity contribution < 1.29 is 28.2 Å². The normalized spacial score (nSPS) is 12.2. The third-order valence-corrected chi connectivity index (χ3v) is 5.85. The van der Waals surface area contributed by atoms with Crippen LogP contribution in [-0.4, -0.2) is 33.9 Å². The summed E-state index contributed by atoms with van der Waals surface area (Å²) in [5.41, 5.74) is 3.14. The number of aryl methyl sites for hydroxylation is 1. The molecule has 6 nitrogen and oxygen atoms in total. The van der Waals surface area contributed by atoms with Crippen molar-refractivity contribution in [3.8, 4) is 22.6 Å². The van der Waals surface area contributed by atoms with Gasteiger partial charge in [-0.15, -0.1) is 0 Å². The fourth-order valence-corrected chi connectivity index (χ4v) is 3.96. The maximum Gasteiger partial charge on any atom is 0.394 e. The molecular formula is C29H26F2N2O4. The number of amides is 1. The number of aromatic nitrogens is 1. The van der Waals surface area contributed by atoms with Gasteiger partial charge >= 0.3 is 6.11 Å². The molecular weight excluding hydrogens is 478 g/mol. The predicted molar refractivity (Wildman–Crippen MR) is 137 cm³/mol. The van der Waals surface area contributed by atoms with Crippen LogP contribution in [0.1, 0.15) is 36.2 Å². The summed E-state index contributed by atoms with van der Waals surface area (Å²) in [5, 5.41) is 13.9. The Hall–Kier alpha value is -4.33. The number of ketones is 1. The zero-order valence-electron chi connectivity index (χ0n) is 20.4. The van der Waals surface area contributed by atoms with E-state index in [1.54, 1.807) is 55.6 Å². The second-order valence-corrected chi connectivity index (χ2v) is 8.87. The lowest BCUT2D eigenvalue weighted by atomic mass is 10.00. The van der Waals surface area contributed by atoms with Crippen molar-refractivity contribution in [2.24, 2.45) is 0 Å². The van der Waals surface area contributed by atoms with Crippen LogP contribution in [-0.2, 0) is 11.2 Å². The maximum absolute atomic E-state index is 12.9. The second-order valence-electron chi connectivity index (χ2n) is 8.87. The number of benzene rings is 3. The van der Waals surface area contributed by atoms with Gasteiger partial charge in [-0.3, -0.25) is 14.6 Å². The molecule has 0 fully saturated rings. The molecule has 1 atom stereocenters. The van der Waals surface area contributed by atoms with Crippen LogP contribution in [0.15, 0.2) is 79.0 Å². The Morgan fingerprint density at radius 2 is 1.78 bits per heavy atom. The number of alkyl halides is 2. The van der Waals surface area contributed by atoms with Crippen molar-refractivity contribution in [1.29, 1.82) is 0 Å². The number of fused-ring (bicyclic) bond motifs is 1. The molecule has 0 saturated heterocycles. The molecule has 1 unspecified atom stereocenters. The van der Waals surface area contributed by atoms with Gasteiger partial charge in [0.2, 0.25) is 0 Å². The number of pyridine rings is 1. The van der Waals surface area contributed by atoms with Gasteiger partial charge in [0.1, 0.15) is 17.0 Å². The zero-order chi connectivity index (χ0) is 26.6. The lowest BCUT2D eigenvalue weighted by Gasteiger charge is -2.14. The lowest BCUT2D eigenvalue weighted by molar-refractivity contribution is -0.158. The Morgan fingerprint density at radius 1 is 1.03 bits per heavy atom. The first-order valence-corrected chi connectivity index (χ1v) is 11.8. The fraction of sp³-hybridized carbons (Fsp3) is 0.207. The average molecular weight is 505 g/mol. The molecule has 1 heterocycles. The molecule has 37 heavy (non-hydrogen) atoms. The fourth-order valence-electron chi connectivity index (χ4n) is 3.96. The smallest absolute Gasteiger partial charge is 0.394 e. The van der Waals surface area contributed by atoms with Crippen molar-refractivity contribution in [2.75, 3.05) is 0 Å². The van der Waals surface area contributed by atoms with E-state index in [9.17, 15) is 23.5 Å². The number of halogens is 2. The van der Waals surface area contributed by atoms with E-state index in [1.165, 1.54) is 12.1 Å². The van der Waals surface area contributed by atoms with E-state index < -0.39 is 18.1 Å². The first kappa shape index (κ1) is 25.8. The number of hydrogen-bond donors (Lipinski definition) is 2. The van der Waals surface area contributed by atoms with E-state index >= 15 is 0 Å².